The smallest absolute Gasteiger partial charge is 0.316 e. The monoisotopic (exact) mass is 526 g/mol. The van der Waals surface area contributed by atoms with Crippen LogP contribution in [0.4, 0.5) is 5.82 Å². The minimum atomic E-state index is -4.03. The summed E-state index contributed by atoms with van der Waals surface area (Å²) in [5, 5.41) is 0. The molecular formula is C20H23BrN6O4S. The summed E-state index contributed by atoms with van der Waals surface area (Å²) >= 11 is 3.32. The summed E-state index contributed by atoms with van der Waals surface area (Å²) in [6, 6.07) is 6.16. The highest BCUT2D eigenvalue weighted by Gasteiger charge is 2.19. The SMILES string of the molecule is [2H]C([2H])(Oc1ncc(C)cn1)C([2H])([2H])Oc1ncnc(NS(=O)(=O)NCCC)c1-c1ccc(Br)cc1. The van der Waals surface area contributed by atoms with Crippen molar-refractivity contribution in [3.63, 3.8) is 0 Å². The van der Waals surface area contributed by atoms with Crippen molar-refractivity contribution in [1.82, 2.24) is 24.7 Å². The number of nitrogens with one attached hydrogen (secondary N) is 2. The molecule has 0 unspecified atom stereocenters. The lowest BCUT2D eigenvalue weighted by Crippen LogP contribution is -2.31. The second-order valence-electron chi connectivity index (χ2n) is 6.36. The van der Waals surface area contributed by atoms with Gasteiger partial charge in [0, 0.05) is 23.4 Å². The summed E-state index contributed by atoms with van der Waals surface area (Å²) in [6.07, 6.45) is 4.29. The van der Waals surface area contributed by atoms with Crippen LogP contribution in [-0.4, -0.2) is 48.0 Å². The van der Waals surface area contributed by atoms with Gasteiger partial charge in [-0.3, -0.25) is 4.72 Å². The number of ether oxygens (including phenoxy) is 2. The first-order chi connectivity index (χ1) is 16.8. The molecule has 0 aliphatic heterocycles. The van der Waals surface area contributed by atoms with Gasteiger partial charge < -0.3 is 9.47 Å². The average molecular weight is 527 g/mol. The number of nitrogens with zero attached hydrogens (tertiary/aromatic N) is 4. The van der Waals surface area contributed by atoms with E-state index in [-0.39, 0.29) is 17.9 Å². The first-order valence-electron chi connectivity index (χ1n) is 11.4. The second-order valence-corrected chi connectivity index (χ2v) is 8.78. The van der Waals surface area contributed by atoms with Gasteiger partial charge >= 0.3 is 6.01 Å². The normalized spacial score (nSPS) is 14.0. The van der Waals surface area contributed by atoms with E-state index in [1.807, 2.05) is 0 Å². The summed E-state index contributed by atoms with van der Waals surface area (Å²) < 4.78 is 73.6. The average Bonchev–Trinajstić information content (AvgIpc) is 2.79. The van der Waals surface area contributed by atoms with Gasteiger partial charge in [0.15, 0.2) is 5.82 Å². The van der Waals surface area contributed by atoms with Crippen molar-refractivity contribution in [2.75, 3.05) is 24.4 Å². The Morgan fingerprint density at radius 1 is 1.06 bits per heavy atom. The van der Waals surface area contributed by atoms with E-state index in [1.165, 1.54) is 12.4 Å². The van der Waals surface area contributed by atoms with Crippen LogP contribution in [0.25, 0.3) is 11.1 Å². The van der Waals surface area contributed by atoms with E-state index in [9.17, 15) is 8.42 Å². The highest BCUT2D eigenvalue weighted by atomic mass is 79.9. The lowest BCUT2D eigenvalue weighted by atomic mass is 10.1. The van der Waals surface area contributed by atoms with Gasteiger partial charge in [-0.05, 0) is 36.6 Å². The molecule has 0 aliphatic rings. The Morgan fingerprint density at radius 3 is 2.44 bits per heavy atom. The summed E-state index contributed by atoms with van der Waals surface area (Å²) in [7, 11) is -4.03. The van der Waals surface area contributed by atoms with Crippen molar-refractivity contribution in [2.45, 2.75) is 20.3 Å². The van der Waals surface area contributed by atoms with Crippen LogP contribution < -0.4 is 18.9 Å². The Balaban J connectivity index is 2.01. The minimum Gasteiger partial charge on any atom is -0.473 e. The molecular weight excluding hydrogens is 500 g/mol. The van der Waals surface area contributed by atoms with Crippen molar-refractivity contribution >= 4 is 32.0 Å². The van der Waals surface area contributed by atoms with Crippen molar-refractivity contribution in [1.29, 1.82) is 0 Å². The number of halogens is 1. The predicted octanol–water partition coefficient (Wildman–Crippen LogP) is 3.12. The number of aromatic nitrogens is 4. The fourth-order valence-electron chi connectivity index (χ4n) is 2.37. The lowest BCUT2D eigenvalue weighted by molar-refractivity contribution is 0.202. The van der Waals surface area contributed by atoms with Crippen molar-refractivity contribution in [2.24, 2.45) is 0 Å². The minimum absolute atomic E-state index is 0.0156. The van der Waals surface area contributed by atoms with Gasteiger partial charge in [-0.15, -0.1) is 0 Å². The van der Waals surface area contributed by atoms with E-state index in [1.54, 1.807) is 38.1 Å². The van der Waals surface area contributed by atoms with E-state index in [0.29, 0.717) is 17.5 Å². The molecule has 2 N–H and O–H groups in total. The fraction of sp³-hybridized carbons (Fsp3) is 0.300. The maximum atomic E-state index is 12.5. The highest BCUT2D eigenvalue weighted by Crippen LogP contribution is 2.34. The zero-order chi connectivity index (χ0) is 26.6. The van der Waals surface area contributed by atoms with Crippen LogP contribution in [0.2, 0.25) is 0 Å². The van der Waals surface area contributed by atoms with E-state index in [4.69, 9.17) is 15.0 Å². The van der Waals surface area contributed by atoms with Gasteiger partial charge in [-0.2, -0.15) is 13.1 Å². The largest absolute Gasteiger partial charge is 0.473 e. The molecule has 12 heteroatoms. The third-order valence-electron chi connectivity index (χ3n) is 3.81. The van der Waals surface area contributed by atoms with Gasteiger partial charge in [0.05, 0.1) is 11.0 Å². The van der Waals surface area contributed by atoms with Crippen molar-refractivity contribution < 1.29 is 23.4 Å². The maximum Gasteiger partial charge on any atom is 0.316 e. The molecule has 2 heterocycles. The van der Waals surface area contributed by atoms with Crippen LogP contribution >= 0.6 is 15.9 Å². The summed E-state index contributed by atoms with van der Waals surface area (Å²) in [6.45, 7) is -2.50. The van der Waals surface area contributed by atoms with Gasteiger partial charge in [0.25, 0.3) is 10.2 Å². The Hall–Kier alpha value is -2.83. The van der Waals surface area contributed by atoms with Gasteiger partial charge in [0.2, 0.25) is 5.88 Å². The van der Waals surface area contributed by atoms with Crippen molar-refractivity contribution in [3.05, 3.63) is 53.0 Å². The molecule has 0 atom stereocenters. The van der Waals surface area contributed by atoms with Gasteiger partial charge in [0.1, 0.15) is 19.4 Å². The summed E-state index contributed by atoms with van der Waals surface area (Å²) in [5.41, 5.74) is 1.06. The standard InChI is InChI=1S/C20H23BrN6O4S/c1-3-8-26-32(28,29)27-18-17(15-4-6-16(21)7-5-15)19(25-13-24-18)30-9-10-31-20-22-11-14(2)12-23-20/h4-7,11-13,26H,3,8-10H2,1-2H3,(H,24,25,27)/i9D2,10D2. The quantitative estimate of drug-likeness (QED) is 0.389. The van der Waals surface area contributed by atoms with E-state index >= 15 is 0 Å². The molecule has 0 spiro atoms. The molecule has 10 nitrogen and oxygen atoms in total. The van der Waals surface area contributed by atoms with Crippen molar-refractivity contribution in [3.8, 4) is 23.0 Å². The second kappa shape index (κ2) is 11.2. The first kappa shape index (κ1) is 18.7. The Morgan fingerprint density at radius 2 is 1.75 bits per heavy atom. The topological polar surface area (TPSA) is 128 Å². The zero-order valence-electron chi connectivity index (χ0n) is 21.2. The third kappa shape index (κ3) is 6.84. The fourth-order valence-corrected chi connectivity index (χ4v) is 3.59. The van der Waals surface area contributed by atoms with Crippen LogP contribution in [0.15, 0.2) is 47.5 Å². The molecule has 3 aromatic rings. The lowest BCUT2D eigenvalue weighted by Gasteiger charge is -2.15. The molecule has 0 bridgehead atoms. The van der Waals surface area contributed by atoms with E-state index < -0.39 is 35.2 Å². The summed E-state index contributed by atoms with van der Waals surface area (Å²) in [4.78, 5) is 15.6. The van der Waals surface area contributed by atoms with Crippen LogP contribution in [-0.2, 0) is 10.2 Å². The third-order valence-corrected chi connectivity index (χ3v) is 5.38. The Labute approximate surface area is 200 Å². The molecule has 170 valence electrons. The van der Waals surface area contributed by atoms with Crippen LogP contribution in [0, 0.1) is 6.92 Å². The molecule has 3 rings (SSSR count). The number of rotatable bonds is 11. The Kier molecular flexibility index (Phi) is 6.53. The molecule has 0 saturated carbocycles. The number of benzene rings is 1. The molecule has 0 fully saturated rings. The zero-order valence-corrected chi connectivity index (χ0v) is 19.6. The highest BCUT2D eigenvalue weighted by molar-refractivity contribution is 9.10. The van der Waals surface area contributed by atoms with Gasteiger partial charge in [-0.1, -0.05) is 35.0 Å². The van der Waals surface area contributed by atoms with Crippen LogP contribution in [0.1, 0.15) is 24.4 Å². The van der Waals surface area contributed by atoms with Gasteiger partial charge in [-0.25, -0.2) is 19.9 Å². The number of aryl methyl sites for hydroxylation is 1. The van der Waals surface area contributed by atoms with Crippen LogP contribution in [0.3, 0.4) is 0 Å². The molecule has 0 aliphatic carbocycles. The number of anilines is 1. The molecule has 0 saturated heterocycles. The maximum absolute atomic E-state index is 12.5. The number of hydrogen-bond acceptors (Lipinski definition) is 8. The molecule has 1 aromatic carbocycles. The van der Waals surface area contributed by atoms with Crippen LogP contribution in [0.5, 0.6) is 11.9 Å². The van der Waals surface area contributed by atoms with E-state index in [2.05, 4.69) is 45.3 Å². The predicted molar refractivity (Wildman–Crippen MR) is 124 cm³/mol. The first-order valence-corrected chi connectivity index (χ1v) is 11.7. The number of hydrogen-bond donors (Lipinski definition) is 2. The molecule has 32 heavy (non-hydrogen) atoms. The Bertz CT molecular complexity index is 1300. The molecule has 2 aromatic heterocycles. The van der Waals surface area contributed by atoms with E-state index in [0.717, 1.165) is 10.8 Å². The molecule has 0 radical (unpaired) electrons. The summed E-state index contributed by atoms with van der Waals surface area (Å²) in [5.74, 6) is -0.632. The molecule has 0 amide bonds.